The third-order valence-electron chi connectivity index (χ3n) is 0.668. The fraction of sp³-hybridized carbons (Fsp3) is 0.833. The fourth-order valence-electron chi connectivity index (χ4n) is 0.220. The van der Waals surface area contributed by atoms with Crippen molar-refractivity contribution in [3.8, 4) is 0 Å². The summed E-state index contributed by atoms with van der Waals surface area (Å²) >= 11 is 16.4. The molecule has 0 rings (SSSR count). The SMILES string of the molecule is CC(C)C(=O)OCI.ClC(Cl)Cl. The molecule has 0 aromatic heterocycles. The second-order valence-corrected chi connectivity index (χ2v) is 4.58. The largest absolute Gasteiger partial charge is 0.455 e. The minimum Gasteiger partial charge on any atom is -0.455 e. The summed E-state index contributed by atoms with van der Waals surface area (Å²) in [6.07, 6.45) is 0. The molecule has 6 heteroatoms. The number of carbonyl (C=O) groups excluding carboxylic acids is 1. The number of ether oxygens (including phenoxy) is 1. The van der Waals surface area contributed by atoms with Crippen LogP contribution >= 0.6 is 57.4 Å². The van der Waals surface area contributed by atoms with Crippen molar-refractivity contribution >= 4 is 63.4 Å². The Labute approximate surface area is 101 Å². The maximum atomic E-state index is 10.5. The van der Waals surface area contributed by atoms with Crippen molar-refractivity contribution in [3.63, 3.8) is 0 Å². The molecule has 0 spiro atoms. The van der Waals surface area contributed by atoms with E-state index in [2.05, 4.69) is 4.74 Å². The molecule has 12 heavy (non-hydrogen) atoms. The van der Waals surface area contributed by atoms with Crippen LogP contribution in [0.2, 0.25) is 0 Å². The molecule has 0 aromatic carbocycles. The zero-order valence-corrected chi connectivity index (χ0v) is 11.1. The molecule has 0 N–H and O–H groups in total. The van der Waals surface area contributed by atoms with Crippen molar-refractivity contribution in [1.82, 2.24) is 0 Å². The van der Waals surface area contributed by atoms with Gasteiger partial charge in [0, 0.05) is 0 Å². The lowest BCUT2D eigenvalue weighted by molar-refractivity contribution is -0.144. The van der Waals surface area contributed by atoms with E-state index in [0.29, 0.717) is 4.61 Å². The maximum absolute atomic E-state index is 10.5. The number of hydrogen-bond acceptors (Lipinski definition) is 2. The molecular weight excluding hydrogens is 337 g/mol. The molecular formula is C6H10Cl3IO2. The lowest BCUT2D eigenvalue weighted by Gasteiger charge is -2.01. The smallest absolute Gasteiger partial charge is 0.309 e. The molecule has 0 aliphatic carbocycles. The summed E-state index contributed by atoms with van der Waals surface area (Å²) in [5, 5.41) is 0. The number of rotatable bonds is 2. The highest BCUT2D eigenvalue weighted by molar-refractivity contribution is 14.1. The summed E-state index contributed by atoms with van der Waals surface area (Å²) in [4.78, 5) is 10.5. The number of hydrogen-bond donors (Lipinski definition) is 0. The van der Waals surface area contributed by atoms with E-state index in [1.807, 2.05) is 36.4 Å². The molecule has 0 fully saturated rings. The summed E-state index contributed by atoms with van der Waals surface area (Å²) < 4.78 is 4.35. The summed E-state index contributed by atoms with van der Waals surface area (Å²) in [6.45, 7) is 3.63. The first-order valence-corrected chi connectivity index (χ1v) is 5.90. The first-order chi connectivity index (χ1) is 5.41. The van der Waals surface area contributed by atoms with E-state index in [1.54, 1.807) is 0 Å². The van der Waals surface area contributed by atoms with Gasteiger partial charge in [-0.05, 0) is 22.6 Å². The van der Waals surface area contributed by atoms with Crippen LogP contribution in [0, 0.1) is 5.92 Å². The highest BCUT2D eigenvalue weighted by Gasteiger charge is 2.05. The Bertz CT molecular complexity index is 117. The Hall–Kier alpha value is 1.07. The van der Waals surface area contributed by atoms with Crippen LogP contribution in [0.3, 0.4) is 0 Å². The second kappa shape index (κ2) is 10.2. The van der Waals surface area contributed by atoms with Crippen LogP contribution in [0.25, 0.3) is 0 Å². The second-order valence-electron chi connectivity index (χ2n) is 1.97. The normalized spacial score (nSPS) is 9.33. The Morgan fingerprint density at radius 3 is 1.83 bits per heavy atom. The molecule has 0 saturated heterocycles. The van der Waals surface area contributed by atoms with Gasteiger partial charge in [-0.2, -0.15) is 0 Å². The predicted molar refractivity (Wildman–Crippen MR) is 61.2 cm³/mol. The van der Waals surface area contributed by atoms with E-state index < -0.39 is 4.30 Å². The summed E-state index contributed by atoms with van der Waals surface area (Å²) in [5.41, 5.74) is 0. The highest BCUT2D eigenvalue weighted by atomic mass is 127. The summed E-state index contributed by atoms with van der Waals surface area (Å²) in [5.74, 6) is -0.121. The Morgan fingerprint density at radius 2 is 1.75 bits per heavy atom. The molecule has 2 nitrogen and oxygen atoms in total. The molecule has 0 aromatic rings. The monoisotopic (exact) mass is 346 g/mol. The van der Waals surface area contributed by atoms with Crippen LogP contribution in [-0.4, -0.2) is 14.9 Å². The zero-order chi connectivity index (χ0) is 10.1. The molecule has 0 atom stereocenters. The van der Waals surface area contributed by atoms with Crippen molar-refractivity contribution in [2.24, 2.45) is 5.92 Å². The van der Waals surface area contributed by atoms with Gasteiger partial charge >= 0.3 is 5.97 Å². The van der Waals surface area contributed by atoms with Gasteiger partial charge in [-0.25, -0.2) is 0 Å². The minimum atomic E-state index is -0.750. The quantitative estimate of drug-likeness (QED) is 0.434. The number of halogens is 4. The van der Waals surface area contributed by atoms with Crippen LogP contribution in [0.4, 0.5) is 0 Å². The van der Waals surface area contributed by atoms with E-state index in [-0.39, 0.29) is 11.9 Å². The van der Waals surface area contributed by atoms with Crippen LogP contribution in [0.1, 0.15) is 13.8 Å². The Balaban J connectivity index is 0. The van der Waals surface area contributed by atoms with Gasteiger partial charge in [0.1, 0.15) is 4.61 Å². The minimum absolute atomic E-state index is 0.00441. The third-order valence-corrected chi connectivity index (χ3v) is 0.980. The molecule has 74 valence electrons. The van der Waals surface area contributed by atoms with Gasteiger partial charge in [0.25, 0.3) is 0 Å². The molecule has 0 aliphatic heterocycles. The van der Waals surface area contributed by atoms with Crippen molar-refractivity contribution < 1.29 is 9.53 Å². The Kier molecular flexibility index (Phi) is 13.1. The fourth-order valence-corrected chi connectivity index (χ4v) is 0.527. The topological polar surface area (TPSA) is 26.3 Å². The van der Waals surface area contributed by atoms with E-state index >= 15 is 0 Å². The molecule has 0 heterocycles. The van der Waals surface area contributed by atoms with E-state index in [1.165, 1.54) is 0 Å². The lowest BCUT2D eigenvalue weighted by atomic mass is 10.2. The predicted octanol–water partition coefficient (Wildman–Crippen LogP) is 3.56. The zero-order valence-electron chi connectivity index (χ0n) is 6.69. The average molecular weight is 347 g/mol. The number of esters is 1. The van der Waals surface area contributed by atoms with Crippen LogP contribution in [0.15, 0.2) is 0 Å². The first-order valence-electron chi connectivity index (χ1n) is 3.06. The van der Waals surface area contributed by atoms with Crippen molar-refractivity contribution in [1.29, 1.82) is 0 Å². The summed E-state index contributed by atoms with van der Waals surface area (Å²) in [7, 11) is 0. The van der Waals surface area contributed by atoms with Gasteiger partial charge in [0.2, 0.25) is 0 Å². The molecule has 0 amide bonds. The van der Waals surface area contributed by atoms with Crippen molar-refractivity contribution in [2.45, 2.75) is 18.1 Å². The molecule has 0 unspecified atom stereocenters. The van der Waals surface area contributed by atoms with E-state index in [0.717, 1.165) is 0 Å². The maximum Gasteiger partial charge on any atom is 0.309 e. The van der Waals surface area contributed by atoms with Crippen molar-refractivity contribution in [3.05, 3.63) is 0 Å². The van der Waals surface area contributed by atoms with Crippen molar-refractivity contribution in [2.75, 3.05) is 4.61 Å². The number of carbonyl (C=O) groups is 1. The first kappa shape index (κ1) is 15.5. The average Bonchev–Trinajstić information content (AvgIpc) is 1.86. The molecule has 0 bridgehead atoms. The molecule has 0 saturated carbocycles. The lowest BCUT2D eigenvalue weighted by Crippen LogP contribution is -2.09. The molecule has 0 aliphatic rings. The van der Waals surface area contributed by atoms with Crippen LogP contribution < -0.4 is 0 Å². The van der Waals surface area contributed by atoms with Crippen LogP contribution in [-0.2, 0) is 9.53 Å². The third kappa shape index (κ3) is 17.2. The van der Waals surface area contributed by atoms with Gasteiger partial charge in [0.05, 0.1) is 5.92 Å². The summed E-state index contributed by atoms with van der Waals surface area (Å²) in [6, 6.07) is 0. The highest BCUT2D eigenvalue weighted by Crippen LogP contribution is 2.03. The van der Waals surface area contributed by atoms with Gasteiger partial charge < -0.3 is 4.74 Å². The van der Waals surface area contributed by atoms with Gasteiger partial charge in [-0.1, -0.05) is 48.7 Å². The van der Waals surface area contributed by atoms with Crippen LogP contribution in [0.5, 0.6) is 0 Å². The Morgan fingerprint density at radius 1 is 1.42 bits per heavy atom. The molecule has 0 radical (unpaired) electrons. The van der Waals surface area contributed by atoms with Gasteiger partial charge in [0.15, 0.2) is 4.30 Å². The van der Waals surface area contributed by atoms with E-state index in [9.17, 15) is 4.79 Å². The van der Waals surface area contributed by atoms with Gasteiger partial charge in [-0.3, -0.25) is 4.79 Å². The van der Waals surface area contributed by atoms with E-state index in [4.69, 9.17) is 34.8 Å². The standard InChI is InChI=1S/C5H9IO2.CHCl3/c1-4(2)5(7)8-3-6;2-1(3)4/h4H,3H2,1-2H3;1H. The number of alkyl halides is 4. The van der Waals surface area contributed by atoms with Gasteiger partial charge in [-0.15, -0.1) is 0 Å².